The largest absolute Gasteiger partial charge is 0.449 e. The van der Waals surface area contributed by atoms with Crippen LogP contribution in [0.1, 0.15) is 33.1 Å². The van der Waals surface area contributed by atoms with Crippen molar-refractivity contribution in [2.45, 2.75) is 45.3 Å². The number of rotatable bonds is 5. The van der Waals surface area contributed by atoms with Crippen molar-refractivity contribution in [2.24, 2.45) is 0 Å². The van der Waals surface area contributed by atoms with Crippen LogP contribution in [0.4, 0.5) is 4.79 Å². The van der Waals surface area contributed by atoms with Gasteiger partial charge in [-0.1, -0.05) is 13.3 Å². The predicted molar refractivity (Wildman–Crippen MR) is 63.9 cm³/mol. The van der Waals surface area contributed by atoms with Crippen LogP contribution in [-0.2, 0) is 9.47 Å². The molecular weight excluding hydrogens is 222 g/mol. The molecule has 5 heteroatoms. The molecule has 17 heavy (non-hydrogen) atoms. The van der Waals surface area contributed by atoms with Gasteiger partial charge in [0.2, 0.25) is 0 Å². The van der Waals surface area contributed by atoms with Crippen molar-refractivity contribution in [1.29, 1.82) is 0 Å². The second-order valence-electron chi connectivity index (χ2n) is 4.26. The van der Waals surface area contributed by atoms with Gasteiger partial charge in [-0.15, -0.1) is 0 Å². The van der Waals surface area contributed by atoms with Crippen molar-refractivity contribution in [3.05, 3.63) is 0 Å². The number of unbranched alkanes of at least 4 members (excludes halogenated alkanes) is 1. The predicted octanol–water partition coefficient (Wildman–Crippen LogP) is 1.39. The van der Waals surface area contributed by atoms with E-state index < -0.39 is 6.10 Å². The van der Waals surface area contributed by atoms with Gasteiger partial charge in [0.25, 0.3) is 0 Å². The molecular formula is C12H23NO4. The molecule has 0 spiro atoms. The number of carbonyl (C=O) groups is 1. The summed E-state index contributed by atoms with van der Waals surface area (Å²) >= 11 is 0. The molecule has 0 bridgehead atoms. The van der Waals surface area contributed by atoms with Gasteiger partial charge in [0.05, 0.1) is 19.3 Å². The van der Waals surface area contributed by atoms with Gasteiger partial charge < -0.3 is 19.5 Å². The van der Waals surface area contributed by atoms with E-state index in [0.717, 1.165) is 12.8 Å². The third-order valence-electron chi connectivity index (χ3n) is 2.89. The fourth-order valence-corrected chi connectivity index (χ4v) is 1.84. The first kappa shape index (κ1) is 14.3. The van der Waals surface area contributed by atoms with Crippen LogP contribution in [0.3, 0.4) is 0 Å². The smallest absolute Gasteiger partial charge is 0.409 e. The molecule has 1 N–H and O–H groups in total. The molecule has 100 valence electrons. The molecule has 1 rings (SSSR count). The minimum atomic E-state index is -0.477. The molecule has 5 nitrogen and oxygen atoms in total. The lowest BCUT2D eigenvalue weighted by Crippen LogP contribution is -2.50. The molecule has 2 atom stereocenters. The van der Waals surface area contributed by atoms with Crippen LogP contribution in [0.25, 0.3) is 0 Å². The number of hydrogen-bond donors (Lipinski definition) is 1. The lowest BCUT2D eigenvalue weighted by molar-refractivity contribution is -0.0729. The fourth-order valence-electron chi connectivity index (χ4n) is 1.84. The zero-order valence-corrected chi connectivity index (χ0v) is 10.7. The Labute approximate surface area is 103 Å². The molecule has 2 unspecified atom stereocenters. The van der Waals surface area contributed by atoms with E-state index in [0.29, 0.717) is 32.7 Å². The van der Waals surface area contributed by atoms with E-state index in [9.17, 15) is 9.90 Å². The van der Waals surface area contributed by atoms with Crippen LogP contribution in [0, 0.1) is 0 Å². The number of ether oxygens (including phenoxy) is 2. The number of hydrogen-bond acceptors (Lipinski definition) is 4. The average Bonchev–Trinajstić information content (AvgIpc) is 2.32. The van der Waals surface area contributed by atoms with E-state index in [1.165, 1.54) is 0 Å². The lowest BCUT2D eigenvalue weighted by Gasteiger charge is -2.35. The van der Waals surface area contributed by atoms with Crippen molar-refractivity contribution in [3.8, 4) is 0 Å². The Morgan fingerprint density at radius 3 is 2.88 bits per heavy atom. The van der Waals surface area contributed by atoms with Crippen LogP contribution in [0.2, 0.25) is 0 Å². The summed E-state index contributed by atoms with van der Waals surface area (Å²) in [4.78, 5) is 13.3. The van der Waals surface area contributed by atoms with Gasteiger partial charge in [0.15, 0.2) is 0 Å². The Balaban J connectivity index is 2.35. The summed E-state index contributed by atoms with van der Waals surface area (Å²) in [5.74, 6) is 0. The van der Waals surface area contributed by atoms with Crippen molar-refractivity contribution in [1.82, 2.24) is 4.90 Å². The number of nitrogens with zero attached hydrogens (tertiary/aromatic N) is 1. The highest BCUT2D eigenvalue weighted by molar-refractivity contribution is 5.67. The van der Waals surface area contributed by atoms with Crippen molar-refractivity contribution in [3.63, 3.8) is 0 Å². The molecule has 0 aromatic carbocycles. The van der Waals surface area contributed by atoms with Gasteiger partial charge in [0, 0.05) is 13.2 Å². The number of aliphatic hydroxyl groups is 1. The summed E-state index contributed by atoms with van der Waals surface area (Å²) in [5, 5.41) is 9.71. The highest BCUT2D eigenvalue weighted by Crippen LogP contribution is 2.15. The number of carbonyl (C=O) groups excluding carboxylic acids is 1. The Hall–Kier alpha value is -0.810. The first-order valence-electron chi connectivity index (χ1n) is 6.40. The summed E-state index contributed by atoms with van der Waals surface area (Å²) in [6.07, 6.45) is 1.38. The number of likely N-dealkylation sites (tertiary alicyclic amines) is 1. The van der Waals surface area contributed by atoms with E-state index in [2.05, 4.69) is 6.92 Å². The first-order chi connectivity index (χ1) is 8.19. The lowest BCUT2D eigenvalue weighted by atomic mass is 10.1. The molecule has 1 saturated heterocycles. The Morgan fingerprint density at radius 2 is 2.24 bits per heavy atom. The Morgan fingerprint density at radius 1 is 1.47 bits per heavy atom. The minimum Gasteiger partial charge on any atom is -0.449 e. The van der Waals surface area contributed by atoms with Gasteiger partial charge in [-0.25, -0.2) is 4.79 Å². The zero-order valence-electron chi connectivity index (χ0n) is 10.7. The van der Waals surface area contributed by atoms with Gasteiger partial charge in [-0.2, -0.15) is 0 Å². The maximum Gasteiger partial charge on any atom is 0.409 e. The number of aliphatic hydroxyl groups excluding tert-OH is 1. The summed E-state index contributed by atoms with van der Waals surface area (Å²) in [6.45, 7) is 5.89. The maximum atomic E-state index is 11.7. The van der Waals surface area contributed by atoms with Crippen LogP contribution < -0.4 is 0 Å². The summed E-state index contributed by atoms with van der Waals surface area (Å²) in [7, 11) is 0. The van der Waals surface area contributed by atoms with E-state index >= 15 is 0 Å². The second kappa shape index (κ2) is 7.50. The molecule has 0 aromatic heterocycles. The van der Waals surface area contributed by atoms with Gasteiger partial charge in [0.1, 0.15) is 6.10 Å². The van der Waals surface area contributed by atoms with Crippen LogP contribution in [0.15, 0.2) is 0 Å². The molecule has 1 fully saturated rings. The Kier molecular flexibility index (Phi) is 6.29. The van der Waals surface area contributed by atoms with Gasteiger partial charge in [-0.05, 0) is 19.8 Å². The highest BCUT2D eigenvalue weighted by Gasteiger charge is 2.31. The van der Waals surface area contributed by atoms with Gasteiger partial charge >= 0.3 is 6.09 Å². The molecule has 1 heterocycles. The monoisotopic (exact) mass is 245 g/mol. The molecule has 0 aromatic rings. The van der Waals surface area contributed by atoms with Crippen molar-refractivity contribution >= 4 is 6.09 Å². The Bertz CT molecular complexity index is 235. The third kappa shape index (κ3) is 4.52. The van der Waals surface area contributed by atoms with E-state index in [1.54, 1.807) is 4.90 Å². The molecule has 1 amide bonds. The standard InChI is InChI=1S/C12H23NO4/c1-3-5-8-17-12(15)13-7-6-10(14)11(9-13)16-4-2/h10-11,14H,3-9H2,1-2H3. The van der Waals surface area contributed by atoms with E-state index in [1.807, 2.05) is 6.92 Å². The average molecular weight is 245 g/mol. The molecule has 0 radical (unpaired) electrons. The molecule has 1 aliphatic heterocycles. The zero-order chi connectivity index (χ0) is 12.7. The quantitative estimate of drug-likeness (QED) is 0.744. The molecule has 1 aliphatic rings. The fraction of sp³-hybridized carbons (Fsp3) is 0.917. The summed E-state index contributed by atoms with van der Waals surface area (Å²) in [5.41, 5.74) is 0. The topological polar surface area (TPSA) is 59.0 Å². The minimum absolute atomic E-state index is 0.285. The van der Waals surface area contributed by atoms with E-state index in [-0.39, 0.29) is 12.2 Å². The van der Waals surface area contributed by atoms with Crippen LogP contribution in [0.5, 0.6) is 0 Å². The second-order valence-corrected chi connectivity index (χ2v) is 4.26. The molecule has 0 aliphatic carbocycles. The normalized spacial score (nSPS) is 24.8. The SMILES string of the molecule is CCCCOC(=O)N1CCC(O)C(OCC)C1. The van der Waals surface area contributed by atoms with Crippen molar-refractivity contribution in [2.75, 3.05) is 26.3 Å². The van der Waals surface area contributed by atoms with E-state index in [4.69, 9.17) is 9.47 Å². The number of amides is 1. The van der Waals surface area contributed by atoms with Crippen molar-refractivity contribution < 1.29 is 19.4 Å². The third-order valence-corrected chi connectivity index (χ3v) is 2.89. The van der Waals surface area contributed by atoms with Gasteiger partial charge in [-0.3, -0.25) is 0 Å². The maximum absolute atomic E-state index is 11.7. The first-order valence-corrected chi connectivity index (χ1v) is 6.40. The number of piperidine rings is 1. The molecule has 0 saturated carbocycles. The van der Waals surface area contributed by atoms with Crippen LogP contribution >= 0.6 is 0 Å². The summed E-state index contributed by atoms with van der Waals surface area (Å²) in [6, 6.07) is 0. The van der Waals surface area contributed by atoms with Crippen LogP contribution in [-0.4, -0.2) is 54.6 Å². The highest BCUT2D eigenvalue weighted by atomic mass is 16.6. The summed E-state index contributed by atoms with van der Waals surface area (Å²) < 4.78 is 10.5.